The second-order valence-corrected chi connectivity index (χ2v) is 6.80. The SMILES string of the molecule is Cc1cccc(NC(=O)CNC(=O)CN(C)CC(=O)Nc2ccc(F)cc2)c1C. The van der Waals surface area contributed by atoms with Gasteiger partial charge in [0.1, 0.15) is 5.82 Å². The van der Waals surface area contributed by atoms with Crippen molar-refractivity contribution in [1.29, 1.82) is 0 Å². The van der Waals surface area contributed by atoms with Crippen molar-refractivity contribution in [1.82, 2.24) is 10.2 Å². The van der Waals surface area contributed by atoms with E-state index in [1.165, 1.54) is 29.2 Å². The summed E-state index contributed by atoms with van der Waals surface area (Å²) in [7, 11) is 1.61. The largest absolute Gasteiger partial charge is 0.346 e. The number of nitrogens with one attached hydrogen (secondary N) is 3. The van der Waals surface area contributed by atoms with E-state index >= 15 is 0 Å². The molecular weight excluding hydrogens is 375 g/mol. The summed E-state index contributed by atoms with van der Waals surface area (Å²) in [4.78, 5) is 37.5. The van der Waals surface area contributed by atoms with E-state index in [2.05, 4.69) is 16.0 Å². The Bertz CT molecular complexity index is 884. The molecule has 0 aromatic heterocycles. The monoisotopic (exact) mass is 400 g/mol. The number of carbonyl (C=O) groups excluding carboxylic acids is 3. The van der Waals surface area contributed by atoms with Gasteiger partial charge in [0.25, 0.3) is 0 Å². The second-order valence-electron chi connectivity index (χ2n) is 6.80. The van der Waals surface area contributed by atoms with E-state index < -0.39 is 5.82 Å². The van der Waals surface area contributed by atoms with E-state index in [4.69, 9.17) is 0 Å². The van der Waals surface area contributed by atoms with Gasteiger partial charge in [0.2, 0.25) is 17.7 Å². The Balaban J connectivity index is 1.72. The topological polar surface area (TPSA) is 90.5 Å². The van der Waals surface area contributed by atoms with Crippen molar-refractivity contribution in [2.24, 2.45) is 0 Å². The highest BCUT2D eigenvalue weighted by Crippen LogP contribution is 2.17. The minimum atomic E-state index is -0.390. The fourth-order valence-electron chi connectivity index (χ4n) is 2.60. The number of hydrogen-bond donors (Lipinski definition) is 3. The van der Waals surface area contributed by atoms with Gasteiger partial charge in [-0.25, -0.2) is 4.39 Å². The van der Waals surface area contributed by atoms with Crippen molar-refractivity contribution in [2.75, 3.05) is 37.3 Å². The van der Waals surface area contributed by atoms with Gasteiger partial charge in [-0.2, -0.15) is 0 Å². The Morgan fingerprint density at radius 3 is 2.24 bits per heavy atom. The van der Waals surface area contributed by atoms with Crippen molar-refractivity contribution in [3.63, 3.8) is 0 Å². The van der Waals surface area contributed by atoms with Crippen LogP contribution in [0.3, 0.4) is 0 Å². The van der Waals surface area contributed by atoms with Crippen LogP contribution in [-0.4, -0.2) is 49.3 Å². The average Bonchev–Trinajstić information content (AvgIpc) is 2.65. The average molecular weight is 400 g/mol. The summed E-state index contributed by atoms with van der Waals surface area (Å²) in [6.45, 7) is 3.62. The van der Waals surface area contributed by atoms with Crippen molar-refractivity contribution < 1.29 is 18.8 Å². The highest BCUT2D eigenvalue weighted by molar-refractivity contribution is 5.95. The van der Waals surface area contributed by atoms with Crippen LogP contribution in [0.15, 0.2) is 42.5 Å². The molecule has 3 N–H and O–H groups in total. The van der Waals surface area contributed by atoms with E-state index in [1.54, 1.807) is 13.1 Å². The molecule has 29 heavy (non-hydrogen) atoms. The molecular formula is C21H25FN4O3. The van der Waals surface area contributed by atoms with E-state index in [0.717, 1.165) is 11.1 Å². The van der Waals surface area contributed by atoms with Crippen LogP contribution in [0.25, 0.3) is 0 Å². The molecule has 7 nitrogen and oxygen atoms in total. The molecule has 0 saturated heterocycles. The first-order valence-corrected chi connectivity index (χ1v) is 9.11. The third-order valence-electron chi connectivity index (χ3n) is 4.28. The smallest absolute Gasteiger partial charge is 0.243 e. The zero-order valence-electron chi connectivity index (χ0n) is 16.7. The van der Waals surface area contributed by atoms with Gasteiger partial charge in [-0.1, -0.05) is 12.1 Å². The number of rotatable bonds is 8. The van der Waals surface area contributed by atoms with Crippen LogP contribution >= 0.6 is 0 Å². The summed E-state index contributed by atoms with van der Waals surface area (Å²) >= 11 is 0. The molecule has 0 aliphatic heterocycles. The molecule has 0 fully saturated rings. The van der Waals surface area contributed by atoms with Gasteiger partial charge in [-0.15, -0.1) is 0 Å². The summed E-state index contributed by atoms with van der Waals surface area (Å²) in [6, 6.07) is 11.0. The van der Waals surface area contributed by atoms with Crippen LogP contribution < -0.4 is 16.0 Å². The van der Waals surface area contributed by atoms with Crippen molar-refractivity contribution in [2.45, 2.75) is 13.8 Å². The lowest BCUT2D eigenvalue weighted by Crippen LogP contribution is -2.41. The summed E-state index contributed by atoms with van der Waals surface area (Å²) < 4.78 is 12.9. The fourth-order valence-corrected chi connectivity index (χ4v) is 2.60. The van der Waals surface area contributed by atoms with Crippen molar-refractivity contribution in [3.8, 4) is 0 Å². The first-order valence-electron chi connectivity index (χ1n) is 9.11. The first kappa shape index (κ1) is 22.0. The maximum absolute atomic E-state index is 12.9. The predicted molar refractivity (Wildman–Crippen MR) is 110 cm³/mol. The summed E-state index contributed by atoms with van der Waals surface area (Å²) in [6.07, 6.45) is 0. The molecule has 2 aromatic carbocycles. The first-order chi connectivity index (χ1) is 13.7. The van der Waals surface area contributed by atoms with E-state index in [-0.39, 0.29) is 37.4 Å². The van der Waals surface area contributed by atoms with Crippen LogP contribution in [0.5, 0.6) is 0 Å². The maximum atomic E-state index is 12.9. The van der Waals surface area contributed by atoms with Gasteiger partial charge < -0.3 is 16.0 Å². The second kappa shape index (κ2) is 10.3. The molecule has 0 radical (unpaired) electrons. The number of benzene rings is 2. The highest BCUT2D eigenvalue weighted by atomic mass is 19.1. The highest BCUT2D eigenvalue weighted by Gasteiger charge is 2.13. The third kappa shape index (κ3) is 7.34. The Hall–Kier alpha value is -3.26. The fraction of sp³-hybridized carbons (Fsp3) is 0.286. The van der Waals surface area contributed by atoms with Gasteiger partial charge in [0.05, 0.1) is 19.6 Å². The number of hydrogen-bond acceptors (Lipinski definition) is 4. The minimum absolute atomic E-state index is 0.0283. The molecule has 2 rings (SSSR count). The maximum Gasteiger partial charge on any atom is 0.243 e. The van der Waals surface area contributed by atoms with Gasteiger partial charge in [0.15, 0.2) is 0 Å². The van der Waals surface area contributed by atoms with E-state index in [0.29, 0.717) is 11.4 Å². The number of likely N-dealkylation sites (N-methyl/N-ethyl adjacent to an activating group) is 1. The number of amides is 3. The Kier molecular flexibility index (Phi) is 7.85. The van der Waals surface area contributed by atoms with Crippen molar-refractivity contribution in [3.05, 3.63) is 59.4 Å². The molecule has 3 amide bonds. The van der Waals surface area contributed by atoms with Crippen molar-refractivity contribution >= 4 is 29.1 Å². The molecule has 154 valence electrons. The molecule has 8 heteroatoms. The van der Waals surface area contributed by atoms with Crippen LogP contribution in [0, 0.1) is 19.7 Å². The van der Waals surface area contributed by atoms with Gasteiger partial charge in [0, 0.05) is 11.4 Å². The standard InChI is InChI=1S/C21H25FN4O3/c1-14-5-4-6-18(15(14)2)25-19(27)11-23-20(28)12-26(3)13-21(29)24-17-9-7-16(22)8-10-17/h4-10H,11-13H2,1-3H3,(H,23,28)(H,24,29)(H,25,27). The molecule has 2 aromatic rings. The molecule has 0 atom stereocenters. The van der Waals surface area contributed by atoms with Gasteiger partial charge >= 0.3 is 0 Å². The summed E-state index contributed by atoms with van der Waals surface area (Å²) in [5.41, 5.74) is 3.21. The van der Waals surface area contributed by atoms with Crippen LogP contribution in [0.1, 0.15) is 11.1 Å². The molecule has 0 aliphatic rings. The van der Waals surface area contributed by atoms with Crippen LogP contribution in [0.2, 0.25) is 0 Å². The zero-order valence-corrected chi connectivity index (χ0v) is 16.7. The molecule has 0 spiro atoms. The molecule has 0 saturated carbocycles. The minimum Gasteiger partial charge on any atom is -0.346 e. The summed E-state index contributed by atoms with van der Waals surface area (Å²) in [5.74, 6) is -1.43. The third-order valence-corrected chi connectivity index (χ3v) is 4.28. The van der Waals surface area contributed by atoms with Crippen LogP contribution in [0.4, 0.5) is 15.8 Å². The molecule has 0 aliphatic carbocycles. The van der Waals surface area contributed by atoms with E-state index in [9.17, 15) is 18.8 Å². The molecule has 0 bridgehead atoms. The lowest BCUT2D eigenvalue weighted by atomic mass is 10.1. The quantitative estimate of drug-likeness (QED) is 0.633. The van der Waals surface area contributed by atoms with Crippen LogP contribution in [-0.2, 0) is 14.4 Å². The number of carbonyl (C=O) groups is 3. The number of nitrogens with zero attached hydrogens (tertiary/aromatic N) is 1. The lowest BCUT2D eigenvalue weighted by Gasteiger charge is -2.16. The molecule has 0 heterocycles. The summed E-state index contributed by atoms with van der Waals surface area (Å²) in [5, 5.41) is 7.91. The Morgan fingerprint density at radius 1 is 0.897 bits per heavy atom. The number of aryl methyl sites for hydroxylation is 1. The Morgan fingerprint density at radius 2 is 1.55 bits per heavy atom. The number of anilines is 2. The zero-order chi connectivity index (χ0) is 21.4. The predicted octanol–water partition coefficient (Wildman–Crippen LogP) is 2.07. The van der Waals surface area contributed by atoms with Gasteiger partial charge in [-0.3, -0.25) is 19.3 Å². The molecule has 0 unspecified atom stereocenters. The normalized spacial score (nSPS) is 10.5. The lowest BCUT2D eigenvalue weighted by molar-refractivity contribution is -0.125. The Labute approximate surface area is 169 Å². The number of halogens is 1. The van der Waals surface area contributed by atoms with E-state index in [1.807, 2.05) is 26.0 Å². The van der Waals surface area contributed by atoms with Gasteiger partial charge in [-0.05, 0) is 62.4 Å².